The van der Waals surface area contributed by atoms with Gasteiger partial charge in [-0.1, -0.05) is 11.8 Å². The van der Waals surface area contributed by atoms with E-state index >= 15 is 0 Å². The topological polar surface area (TPSA) is 64.2 Å². The van der Waals surface area contributed by atoms with E-state index in [2.05, 4.69) is 9.97 Å². The number of imidazole rings is 1. The second-order valence-corrected chi connectivity index (χ2v) is 7.65. The average Bonchev–Trinajstić information content (AvgIpc) is 2.86. The maximum absolute atomic E-state index is 11.3. The SMILES string of the molecule is CC(=O)SCC(=Cc1nc[nH]c1C)B1OC(C)(C)C(C)(C)O1. The number of aryl methyl sites for hydroxylation is 1. The van der Waals surface area contributed by atoms with E-state index in [0.717, 1.165) is 16.9 Å². The molecule has 0 amide bonds. The summed E-state index contributed by atoms with van der Waals surface area (Å²) in [7, 11) is -0.465. The fourth-order valence-electron chi connectivity index (χ4n) is 2.05. The first-order valence-electron chi connectivity index (χ1n) is 7.32. The summed E-state index contributed by atoms with van der Waals surface area (Å²) in [4.78, 5) is 18.7. The van der Waals surface area contributed by atoms with Crippen molar-refractivity contribution in [2.75, 3.05) is 5.75 Å². The zero-order valence-corrected chi connectivity index (χ0v) is 14.8. The Kier molecular flexibility index (Phi) is 4.89. The molecule has 0 spiro atoms. The van der Waals surface area contributed by atoms with Crippen LogP contribution in [-0.2, 0) is 14.1 Å². The van der Waals surface area contributed by atoms with Gasteiger partial charge in [0.15, 0.2) is 5.12 Å². The molecule has 1 fully saturated rings. The molecule has 5 nitrogen and oxygen atoms in total. The predicted molar refractivity (Wildman–Crippen MR) is 90.5 cm³/mol. The molecule has 0 aliphatic carbocycles. The highest BCUT2D eigenvalue weighted by Gasteiger charge is 2.52. The van der Waals surface area contributed by atoms with Gasteiger partial charge < -0.3 is 14.3 Å². The highest BCUT2D eigenvalue weighted by atomic mass is 32.2. The van der Waals surface area contributed by atoms with Crippen molar-refractivity contribution in [3.63, 3.8) is 0 Å². The lowest BCUT2D eigenvalue weighted by atomic mass is 9.78. The van der Waals surface area contributed by atoms with Crippen LogP contribution in [-0.4, -0.2) is 39.2 Å². The Bertz CT molecular complexity index is 579. The molecule has 120 valence electrons. The molecule has 0 unspecified atom stereocenters. The molecule has 1 aromatic rings. The van der Waals surface area contributed by atoms with E-state index < -0.39 is 18.3 Å². The number of thioether (sulfide) groups is 1. The Morgan fingerprint density at radius 3 is 2.41 bits per heavy atom. The molecule has 1 saturated heterocycles. The third kappa shape index (κ3) is 3.64. The summed E-state index contributed by atoms with van der Waals surface area (Å²) in [5.74, 6) is 0.526. The molecule has 2 heterocycles. The summed E-state index contributed by atoms with van der Waals surface area (Å²) in [6.45, 7) is 11.6. The smallest absolute Gasteiger partial charge is 0.400 e. The van der Waals surface area contributed by atoms with Gasteiger partial charge in [-0.05, 0) is 46.2 Å². The van der Waals surface area contributed by atoms with E-state index in [9.17, 15) is 4.79 Å². The first kappa shape index (κ1) is 17.3. The van der Waals surface area contributed by atoms with Crippen molar-refractivity contribution in [1.29, 1.82) is 0 Å². The lowest BCUT2D eigenvalue weighted by molar-refractivity contribution is -0.109. The Morgan fingerprint density at radius 1 is 1.36 bits per heavy atom. The summed E-state index contributed by atoms with van der Waals surface area (Å²) >= 11 is 1.25. The Morgan fingerprint density at radius 2 is 1.95 bits per heavy atom. The van der Waals surface area contributed by atoms with E-state index in [0.29, 0.717) is 5.75 Å². The highest BCUT2D eigenvalue weighted by Crippen LogP contribution is 2.39. The molecule has 0 bridgehead atoms. The van der Waals surface area contributed by atoms with Gasteiger partial charge >= 0.3 is 7.12 Å². The van der Waals surface area contributed by atoms with Crippen LogP contribution in [0.15, 0.2) is 11.8 Å². The number of carbonyl (C=O) groups is 1. The molecule has 22 heavy (non-hydrogen) atoms. The lowest BCUT2D eigenvalue weighted by Crippen LogP contribution is -2.41. The molecule has 1 N–H and O–H groups in total. The summed E-state index contributed by atoms with van der Waals surface area (Å²) in [5, 5.41) is 0.0705. The molecule has 1 aromatic heterocycles. The molecule has 0 aromatic carbocycles. The van der Waals surface area contributed by atoms with E-state index in [1.165, 1.54) is 11.8 Å². The van der Waals surface area contributed by atoms with E-state index in [1.807, 2.05) is 40.7 Å². The molecule has 1 aliphatic rings. The molecule has 0 atom stereocenters. The van der Waals surface area contributed by atoms with Crippen LogP contribution in [0.4, 0.5) is 0 Å². The van der Waals surface area contributed by atoms with Gasteiger partial charge in [0.2, 0.25) is 0 Å². The molecule has 0 saturated carbocycles. The van der Waals surface area contributed by atoms with Gasteiger partial charge in [-0.2, -0.15) is 0 Å². The number of H-pyrrole nitrogens is 1. The van der Waals surface area contributed by atoms with Crippen LogP contribution < -0.4 is 0 Å². The van der Waals surface area contributed by atoms with Gasteiger partial charge in [-0.15, -0.1) is 0 Å². The van der Waals surface area contributed by atoms with Gasteiger partial charge in [0.05, 0.1) is 23.2 Å². The monoisotopic (exact) mass is 322 g/mol. The van der Waals surface area contributed by atoms with Gasteiger partial charge in [-0.25, -0.2) is 4.98 Å². The van der Waals surface area contributed by atoms with Crippen LogP contribution in [0.25, 0.3) is 6.08 Å². The maximum atomic E-state index is 11.3. The van der Waals surface area contributed by atoms with E-state index in [1.54, 1.807) is 13.3 Å². The standard InChI is InChI=1S/C15H23BN2O3S/c1-10-13(18-9-17-10)7-12(8-22-11(2)19)16-20-14(3,4)15(5,6)21-16/h7,9H,8H2,1-6H3,(H,17,18). The number of nitrogens with one attached hydrogen (secondary N) is 1. The summed E-state index contributed by atoms with van der Waals surface area (Å²) in [6, 6.07) is 0. The molecule has 2 rings (SSSR count). The zero-order chi connectivity index (χ0) is 16.5. The summed E-state index contributed by atoms with van der Waals surface area (Å²) < 4.78 is 12.2. The highest BCUT2D eigenvalue weighted by molar-refractivity contribution is 8.13. The normalized spacial score (nSPS) is 20.5. The Labute approximate surface area is 136 Å². The predicted octanol–water partition coefficient (Wildman–Crippen LogP) is 3.01. The molecule has 7 heteroatoms. The fraction of sp³-hybridized carbons (Fsp3) is 0.600. The van der Waals surface area contributed by atoms with Crippen LogP contribution in [0.2, 0.25) is 0 Å². The Hall–Kier alpha value is -1.05. The van der Waals surface area contributed by atoms with Gasteiger partial charge in [0.1, 0.15) is 0 Å². The van der Waals surface area contributed by atoms with E-state index in [-0.39, 0.29) is 5.12 Å². The molecule has 0 radical (unpaired) electrons. The van der Waals surface area contributed by atoms with Crippen LogP contribution in [0, 0.1) is 6.92 Å². The Balaban J connectivity index is 2.28. The third-order valence-electron chi connectivity index (χ3n) is 4.19. The number of hydrogen-bond acceptors (Lipinski definition) is 5. The van der Waals surface area contributed by atoms with Crippen LogP contribution in [0.3, 0.4) is 0 Å². The number of aromatic nitrogens is 2. The first-order valence-corrected chi connectivity index (χ1v) is 8.30. The number of rotatable bonds is 4. The number of nitrogens with zero attached hydrogens (tertiary/aromatic N) is 1. The van der Waals surface area contributed by atoms with Crippen molar-refractivity contribution < 1.29 is 14.1 Å². The minimum atomic E-state index is -0.465. The minimum absolute atomic E-state index is 0.0705. The second-order valence-electron chi connectivity index (χ2n) is 6.50. The molecular weight excluding hydrogens is 299 g/mol. The van der Waals surface area contributed by atoms with Crippen molar-refractivity contribution in [3.8, 4) is 0 Å². The van der Waals surface area contributed by atoms with Gasteiger partial charge in [0, 0.05) is 18.4 Å². The first-order chi connectivity index (χ1) is 10.1. The van der Waals surface area contributed by atoms with E-state index in [4.69, 9.17) is 9.31 Å². The largest absolute Gasteiger partial charge is 0.491 e. The number of carbonyl (C=O) groups excluding carboxylic acids is 1. The van der Waals surface area contributed by atoms with Crippen LogP contribution in [0.1, 0.15) is 46.0 Å². The lowest BCUT2D eigenvalue weighted by Gasteiger charge is -2.32. The maximum Gasteiger partial charge on any atom is 0.491 e. The van der Waals surface area contributed by atoms with Crippen molar-refractivity contribution in [2.24, 2.45) is 0 Å². The number of aromatic amines is 1. The van der Waals surface area contributed by atoms with Crippen molar-refractivity contribution in [2.45, 2.75) is 52.7 Å². The minimum Gasteiger partial charge on any atom is -0.400 e. The fourth-order valence-corrected chi connectivity index (χ4v) is 2.64. The van der Waals surface area contributed by atoms with Gasteiger partial charge in [0.25, 0.3) is 0 Å². The quantitative estimate of drug-likeness (QED) is 0.863. The van der Waals surface area contributed by atoms with Crippen LogP contribution in [0.5, 0.6) is 0 Å². The second kappa shape index (κ2) is 6.22. The number of hydrogen-bond donors (Lipinski definition) is 1. The van der Waals surface area contributed by atoms with Crippen LogP contribution >= 0.6 is 11.8 Å². The summed E-state index contributed by atoms with van der Waals surface area (Å²) in [6.07, 6.45) is 3.60. The third-order valence-corrected chi connectivity index (χ3v) is 5.07. The molecule has 1 aliphatic heterocycles. The average molecular weight is 322 g/mol. The molecular formula is C15H23BN2O3S. The van der Waals surface area contributed by atoms with Crippen molar-refractivity contribution in [3.05, 3.63) is 23.2 Å². The van der Waals surface area contributed by atoms with Crippen molar-refractivity contribution in [1.82, 2.24) is 9.97 Å². The summed E-state index contributed by atoms with van der Waals surface area (Å²) in [5.41, 5.74) is 1.92. The van der Waals surface area contributed by atoms with Gasteiger partial charge in [-0.3, -0.25) is 4.79 Å². The van der Waals surface area contributed by atoms with Crippen molar-refractivity contribution >= 4 is 30.1 Å². The zero-order valence-electron chi connectivity index (χ0n) is 14.0.